The van der Waals surface area contributed by atoms with Crippen LogP contribution in [0.1, 0.15) is 12.5 Å². The van der Waals surface area contributed by atoms with Gasteiger partial charge in [0.2, 0.25) is 5.91 Å². The number of hydrogen-bond donors (Lipinski definition) is 4. The number of nitriles is 1. The third-order valence-electron chi connectivity index (χ3n) is 5.00. The molecule has 34 heavy (non-hydrogen) atoms. The van der Waals surface area contributed by atoms with Gasteiger partial charge in [-0.3, -0.25) is 15.2 Å². The Balaban J connectivity index is 1.62. The van der Waals surface area contributed by atoms with Crippen molar-refractivity contribution in [2.45, 2.75) is 19.9 Å². The average Bonchev–Trinajstić information content (AvgIpc) is 3.24. The molecule has 2 aliphatic heterocycles. The van der Waals surface area contributed by atoms with Crippen LogP contribution in [-0.4, -0.2) is 58.4 Å². The van der Waals surface area contributed by atoms with E-state index in [9.17, 15) is 10.1 Å². The first-order valence-corrected chi connectivity index (χ1v) is 10.6. The van der Waals surface area contributed by atoms with Crippen molar-refractivity contribution in [2.24, 2.45) is 9.98 Å². The van der Waals surface area contributed by atoms with E-state index in [1.165, 1.54) is 13.1 Å². The van der Waals surface area contributed by atoms with Crippen LogP contribution in [0.15, 0.2) is 58.4 Å². The number of fused-ring (bicyclic) bond motifs is 1. The summed E-state index contributed by atoms with van der Waals surface area (Å²) >= 11 is 0. The predicted molar refractivity (Wildman–Crippen MR) is 128 cm³/mol. The molecule has 0 saturated heterocycles. The van der Waals surface area contributed by atoms with Gasteiger partial charge >= 0.3 is 0 Å². The number of anilines is 2. The number of benzene rings is 1. The van der Waals surface area contributed by atoms with E-state index >= 15 is 0 Å². The van der Waals surface area contributed by atoms with Crippen LogP contribution in [0.2, 0.25) is 0 Å². The molecule has 0 aliphatic carbocycles. The van der Waals surface area contributed by atoms with Gasteiger partial charge in [-0.05, 0) is 36.8 Å². The molecule has 1 aromatic heterocycles. The van der Waals surface area contributed by atoms with Crippen molar-refractivity contribution < 1.29 is 14.6 Å². The summed E-state index contributed by atoms with van der Waals surface area (Å²) in [5.74, 6) is 1.94. The highest BCUT2D eigenvalue weighted by Crippen LogP contribution is 2.24. The van der Waals surface area contributed by atoms with Gasteiger partial charge in [-0.15, -0.1) is 0 Å². The Bertz CT molecular complexity index is 1210. The monoisotopic (exact) mass is 460 g/mol. The Morgan fingerprint density at radius 1 is 1.41 bits per heavy atom. The van der Waals surface area contributed by atoms with E-state index in [-0.39, 0.29) is 19.1 Å². The molecule has 0 bridgehead atoms. The number of nitrogens with one attached hydrogen (secondary N) is 3. The summed E-state index contributed by atoms with van der Waals surface area (Å²) in [5.41, 5.74) is 6.10. The first-order valence-electron chi connectivity index (χ1n) is 10.6. The van der Waals surface area contributed by atoms with Crippen molar-refractivity contribution in [3.63, 3.8) is 0 Å². The zero-order valence-corrected chi connectivity index (χ0v) is 18.7. The lowest BCUT2D eigenvalue weighted by atomic mass is 10.1. The van der Waals surface area contributed by atoms with E-state index < -0.39 is 6.04 Å². The minimum absolute atomic E-state index is 0.0827. The molecule has 0 radical (unpaired) electrons. The van der Waals surface area contributed by atoms with Crippen LogP contribution in [0, 0.1) is 18.3 Å². The molecule has 0 fully saturated rings. The summed E-state index contributed by atoms with van der Waals surface area (Å²) in [6.07, 6.45) is 3.31. The molecular formula is C23H24N8O3. The van der Waals surface area contributed by atoms with E-state index in [4.69, 9.17) is 9.84 Å². The molecular weight excluding hydrogens is 436 g/mol. The van der Waals surface area contributed by atoms with E-state index in [1.54, 1.807) is 23.2 Å². The number of ether oxygens (including phenoxy) is 1. The van der Waals surface area contributed by atoms with Gasteiger partial charge in [-0.1, -0.05) is 6.07 Å². The van der Waals surface area contributed by atoms with Crippen LogP contribution in [-0.2, 0) is 4.79 Å². The maximum absolute atomic E-state index is 11.5. The molecule has 2 aromatic rings. The molecule has 1 aromatic carbocycles. The number of amidine groups is 1. The zero-order chi connectivity index (χ0) is 24.1. The molecule has 1 atom stereocenters. The number of nitrogens with zero attached hydrogens (tertiary/aromatic N) is 5. The van der Waals surface area contributed by atoms with Gasteiger partial charge in [-0.25, -0.2) is 15.0 Å². The second-order valence-corrected chi connectivity index (χ2v) is 7.61. The number of aliphatic hydroxyl groups excluding tert-OH is 1. The van der Waals surface area contributed by atoms with Crippen molar-refractivity contribution in [2.75, 3.05) is 30.4 Å². The van der Waals surface area contributed by atoms with Crippen molar-refractivity contribution in [3.8, 4) is 11.8 Å². The molecule has 4 rings (SSSR count). The van der Waals surface area contributed by atoms with Crippen LogP contribution in [0.25, 0.3) is 0 Å². The average molecular weight is 460 g/mol. The fraction of sp³-hybridized carbons (Fsp3) is 0.261. The molecule has 3 heterocycles. The lowest BCUT2D eigenvalue weighted by Crippen LogP contribution is -2.52. The number of pyridine rings is 1. The van der Waals surface area contributed by atoms with Crippen molar-refractivity contribution >= 4 is 34.6 Å². The van der Waals surface area contributed by atoms with Crippen molar-refractivity contribution in [3.05, 3.63) is 54.0 Å². The van der Waals surface area contributed by atoms with Gasteiger partial charge in [-0.2, -0.15) is 5.26 Å². The molecule has 11 heteroatoms. The SMILES string of the molecule is CC(=O)Nc1cc(NC2=CC(=Nc3ccc(OCCO)cn3)C3=NCC(C#N)N3N2)ccc1C. The van der Waals surface area contributed by atoms with E-state index in [2.05, 4.69) is 37.1 Å². The lowest BCUT2D eigenvalue weighted by Gasteiger charge is -2.31. The number of carbonyl (C=O) groups is 1. The Hall–Kier alpha value is -4.43. The number of aliphatic imine (C=N–C) groups is 2. The zero-order valence-electron chi connectivity index (χ0n) is 18.7. The molecule has 1 amide bonds. The Labute approximate surface area is 196 Å². The number of rotatable bonds is 7. The van der Waals surface area contributed by atoms with Crippen molar-refractivity contribution in [1.29, 1.82) is 5.26 Å². The second kappa shape index (κ2) is 10.0. The Kier molecular flexibility index (Phi) is 6.70. The molecule has 0 saturated carbocycles. The van der Waals surface area contributed by atoms with Gasteiger partial charge < -0.3 is 20.5 Å². The third kappa shape index (κ3) is 5.13. The number of carbonyl (C=O) groups excluding carboxylic acids is 1. The topological polar surface area (TPSA) is 147 Å². The Morgan fingerprint density at radius 3 is 2.97 bits per heavy atom. The van der Waals surface area contributed by atoms with Gasteiger partial charge in [0, 0.05) is 24.4 Å². The van der Waals surface area contributed by atoms with E-state index in [0.29, 0.717) is 41.2 Å². The number of aryl methyl sites for hydroxylation is 1. The summed E-state index contributed by atoms with van der Waals surface area (Å²) in [4.78, 5) is 24.9. The maximum atomic E-state index is 11.5. The molecule has 11 nitrogen and oxygen atoms in total. The van der Waals surface area contributed by atoms with Gasteiger partial charge in [0.1, 0.15) is 23.9 Å². The fourth-order valence-corrected chi connectivity index (χ4v) is 3.41. The van der Waals surface area contributed by atoms with Gasteiger partial charge in [0.15, 0.2) is 17.7 Å². The molecule has 4 N–H and O–H groups in total. The van der Waals surface area contributed by atoms with Crippen LogP contribution in [0.4, 0.5) is 17.2 Å². The quantitative estimate of drug-likeness (QED) is 0.490. The van der Waals surface area contributed by atoms with Gasteiger partial charge in [0.25, 0.3) is 0 Å². The number of hydrogen-bond acceptors (Lipinski definition) is 10. The second-order valence-electron chi connectivity index (χ2n) is 7.61. The largest absolute Gasteiger partial charge is 0.490 e. The number of amides is 1. The first-order chi connectivity index (χ1) is 16.5. The van der Waals surface area contributed by atoms with Crippen molar-refractivity contribution in [1.82, 2.24) is 15.4 Å². The molecule has 1 unspecified atom stereocenters. The predicted octanol–water partition coefficient (Wildman–Crippen LogP) is 1.87. The molecule has 2 aliphatic rings. The lowest BCUT2D eigenvalue weighted by molar-refractivity contribution is -0.114. The van der Waals surface area contributed by atoms with E-state index in [0.717, 1.165) is 11.3 Å². The highest BCUT2D eigenvalue weighted by atomic mass is 16.5. The smallest absolute Gasteiger partial charge is 0.221 e. The number of aliphatic hydroxyl groups is 1. The fourth-order valence-electron chi connectivity index (χ4n) is 3.41. The summed E-state index contributed by atoms with van der Waals surface area (Å²) < 4.78 is 5.34. The van der Waals surface area contributed by atoms with Crippen LogP contribution in [0.3, 0.4) is 0 Å². The minimum Gasteiger partial charge on any atom is -0.490 e. The van der Waals surface area contributed by atoms with Gasteiger partial charge in [0.05, 0.1) is 25.4 Å². The highest BCUT2D eigenvalue weighted by Gasteiger charge is 2.34. The first kappa shape index (κ1) is 22.8. The molecule has 0 spiro atoms. The summed E-state index contributed by atoms with van der Waals surface area (Å²) in [6, 6.07) is 10.8. The summed E-state index contributed by atoms with van der Waals surface area (Å²) in [5, 5.41) is 26.2. The minimum atomic E-state index is -0.485. The van der Waals surface area contributed by atoms with Crippen LogP contribution < -0.4 is 20.8 Å². The summed E-state index contributed by atoms with van der Waals surface area (Å²) in [7, 11) is 0. The Morgan fingerprint density at radius 2 is 2.26 bits per heavy atom. The third-order valence-corrected chi connectivity index (χ3v) is 5.00. The summed E-state index contributed by atoms with van der Waals surface area (Å²) in [6.45, 7) is 3.79. The van der Waals surface area contributed by atoms with E-state index in [1.807, 2.05) is 25.1 Å². The standard InChI is InChI=1S/C23H24N8O3/c1-14-3-4-16(9-19(14)27-15(2)33)28-22-10-20(23-26-12-17(11-24)31(23)30-22)29-21-6-5-18(13-25-21)34-8-7-32/h3-6,9-10,13,17,28,30,32H,7-8,12H2,1-2H3,(H,27,33). The normalized spacial score (nSPS) is 17.8. The van der Waals surface area contributed by atoms with Crippen LogP contribution in [0.5, 0.6) is 5.75 Å². The maximum Gasteiger partial charge on any atom is 0.221 e. The molecule has 174 valence electrons. The highest BCUT2D eigenvalue weighted by molar-refractivity contribution is 6.47. The number of aromatic nitrogens is 1. The van der Waals surface area contributed by atoms with Crippen LogP contribution >= 0.6 is 0 Å². The number of hydrazine groups is 1.